The summed E-state index contributed by atoms with van der Waals surface area (Å²) in [6.07, 6.45) is 11.9. The Morgan fingerprint density at radius 3 is 1.88 bits per heavy atom. The highest BCUT2D eigenvalue weighted by molar-refractivity contribution is 5.82. The summed E-state index contributed by atoms with van der Waals surface area (Å²) in [5.74, 6) is -1.64. The van der Waals surface area contributed by atoms with Gasteiger partial charge < -0.3 is 4.90 Å². The van der Waals surface area contributed by atoms with Gasteiger partial charge in [-0.2, -0.15) is 13.2 Å². The van der Waals surface area contributed by atoms with E-state index in [-0.39, 0.29) is 12.1 Å². The monoisotopic (exact) mass is 377 g/mol. The van der Waals surface area contributed by atoms with E-state index in [0.717, 1.165) is 30.6 Å². The van der Waals surface area contributed by atoms with Gasteiger partial charge in [0.2, 0.25) is 0 Å². The molecule has 154 valence electrons. The van der Waals surface area contributed by atoms with Crippen molar-refractivity contribution >= 4 is 5.91 Å². The summed E-state index contributed by atoms with van der Waals surface area (Å²) >= 11 is 0. The number of likely N-dealkylation sites (tertiary alicyclic amines) is 1. The Morgan fingerprint density at radius 2 is 1.38 bits per heavy atom. The Labute approximate surface area is 157 Å². The number of hydrogen-bond acceptors (Lipinski definition) is 1. The Bertz CT molecular complexity index is 384. The molecule has 0 bridgehead atoms. The number of carbonyl (C=O) groups excluding carboxylic acids is 1. The Morgan fingerprint density at radius 1 is 0.885 bits per heavy atom. The number of nitrogens with zero attached hydrogens (tertiary/aromatic N) is 1. The van der Waals surface area contributed by atoms with Crippen LogP contribution in [-0.4, -0.2) is 29.1 Å². The van der Waals surface area contributed by atoms with Crippen LogP contribution >= 0.6 is 0 Å². The minimum absolute atomic E-state index is 0.230. The second-order valence-electron chi connectivity index (χ2n) is 7.97. The summed E-state index contributed by atoms with van der Waals surface area (Å²) in [7, 11) is 0. The van der Waals surface area contributed by atoms with Crippen LogP contribution in [0, 0.1) is 0 Å². The average molecular weight is 378 g/mol. The maximum Gasteiger partial charge on any atom is 0.471 e. The third-order valence-corrected chi connectivity index (χ3v) is 5.65. The van der Waals surface area contributed by atoms with Crippen LogP contribution in [0.3, 0.4) is 0 Å². The normalized spacial score (nSPS) is 21.2. The van der Waals surface area contributed by atoms with Crippen LogP contribution in [0.2, 0.25) is 0 Å². The molecule has 0 aromatic heterocycles. The predicted octanol–water partition coefficient (Wildman–Crippen LogP) is 7.02. The van der Waals surface area contributed by atoms with Gasteiger partial charge in [-0.15, -0.1) is 0 Å². The zero-order valence-corrected chi connectivity index (χ0v) is 16.8. The number of halogens is 3. The maximum absolute atomic E-state index is 12.8. The highest BCUT2D eigenvalue weighted by atomic mass is 19.4. The summed E-state index contributed by atoms with van der Waals surface area (Å²) in [5.41, 5.74) is 0. The van der Waals surface area contributed by atoms with Gasteiger partial charge in [0.15, 0.2) is 0 Å². The number of piperidine rings is 1. The van der Waals surface area contributed by atoms with Crippen molar-refractivity contribution in [1.82, 2.24) is 4.90 Å². The van der Waals surface area contributed by atoms with Crippen molar-refractivity contribution in [2.24, 2.45) is 0 Å². The maximum atomic E-state index is 12.8. The molecule has 26 heavy (non-hydrogen) atoms. The lowest BCUT2D eigenvalue weighted by Gasteiger charge is -2.41. The van der Waals surface area contributed by atoms with E-state index in [1.165, 1.54) is 51.4 Å². The molecule has 1 amide bonds. The van der Waals surface area contributed by atoms with E-state index in [2.05, 4.69) is 6.92 Å². The van der Waals surface area contributed by atoms with Crippen molar-refractivity contribution in [3.05, 3.63) is 0 Å². The van der Waals surface area contributed by atoms with E-state index < -0.39 is 12.1 Å². The molecule has 2 unspecified atom stereocenters. The minimum atomic E-state index is -4.75. The quantitative estimate of drug-likeness (QED) is 0.335. The molecule has 2 atom stereocenters. The standard InChI is InChI=1S/C21H38F3NO/c1-3-4-5-6-7-8-9-10-11-12-13-16-19-17-14-15-18(2)25(19)20(26)21(22,23)24/h18-19H,3-17H2,1-2H3. The number of rotatable bonds is 12. The van der Waals surface area contributed by atoms with Crippen LogP contribution in [-0.2, 0) is 4.79 Å². The molecule has 1 fully saturated rings. The average Bonchev–Trinajstić information content (AvgIpc) is 2.58. The van der Waals surface area contributed by atoms with Gasteiger partial charge >= 0.3 is 12.1 Å². The fourth-order valence-corrected chi connectivity index (χ4v) is 4.13. The molecule has 1 heterocycles. The van der Waals surface area contributed by atoms with Crippen LogP contribution in [0.15, 0.2) is 0 Å². The fraction of sp³-hybridized carbons (Fsp3) is 0.952. The van der Waals surface area contributed by atoms with Gasteiger partial charge in [-0.25, -0.2) is 0 Å². The van der Waals surface area contributed by atoms with Gasteiger partial charge in [-0.1, -0.05) is 77.6 Å². The van der Waals surface area contributed by atoms with E-state index in [1.54, 1.807) is 6.92 Å². The second kappa shape index (κ2) is 12.6. The Kier molecular flexibility index (Phi) is 11.3. The van der Waals surface area contributed by atoms with Gasteiger partial charge in [-0.3, -0.25) is 4.79 Å². The number of unbranched alkanes of at least 4 members (excludes halogenated alkanes) is 10. The molecular weight excluding hydrogens is 339 g/mol. The fourth-order valence-electron chi connectivity index (χ4n) is 4.13. The molecule has 0 aromatic carbocycles. The van der Waals surface area contributed by atoms with Crippen LogP contribution < -0.4 is 0 Å². The summed E-state index contributed by atoms with van der Waals surface area (Å²) in [4.78, 5) is 12.9. The van der Waals surface area contributed by atoms with Gasteiger partial charge in [-0.05, 0) is 32.6 Å². The van der Waals surface area contributed by atoms with Crippen molar-refractivity contribution in [3.63, 3.8) is 0 Å². The first-order valence-corrected chi connectivity index (χ1v) is 10.8. The van der Waals surface area contributed by atoms with Gasteiger partial charge in [0.1, 0.15) is 0 Å². The molecule has 2 nitrogen and oxygen atoms in total. The molecule has 1 aliphatic rings. The summed E-state index contributed by atoms with van der Waals surface area (Å²) in [5, 5.41) is 0. The van der Waals surface area contributed by atoms with E-state index in [0.29, 0.717) is 19.3 Å². The molecule has 0 saturated carbocycles. The van der Waals surface area contributed by atoms with Crippen molar-refractivity contribution in [2.45, 2.75) is 128 Å². The number of alkyl halides is 3. The molecule has 1 rings (SSSR count). The minimum Gasteiger partial charge on any atom is -0.329 e. The van der Waals surface area contributed by atoms with Gasteiger partial charge in [0, 0.05) is 12.1 Å². The number of amides is 1. The van der Waals surface area contributed by atoms with Crippen LogP contribution in [0.4, 0.5) is 13.2 Å². The van der Waals surface area contributed by atoms with Gasteiger partial charge in [0.25, 0.3) is 0 Å². The molecule has 0 N–H and O–H groups in total. The SMILES string of the molecule is CCCCCCCCCCCCCC1CCCC(C)N1C(=O)C(F)(F)F. The van der Waals surface area contributed by atoms with Crippen LogP contribution in [0.5, 0.6) is 0 Å². The first kappa shape index (κ1) is 23.3. The predicted molar refractivity (Wildman–Crippen MR) is 101 cm³/mol. The lowest BCUT2D eigenvalue weighted by Crippen LogP contribution is -2.53. The zero-order valence-electron chi connectivity index (χ0n) is 16.8. The molecule has 0 spiro atoms. The molecule has 1 saturated heterocycles. The highest BCUT2D eigenvalue weighted by Gasteiger charge is 2.46. The van der Waals surface area contributed by atoms with E-state index in [4.69, 9.17) is 0 Å². The first-order chi connectivity index (χ1) is 12.4. The number of carbonyl (C=O) groups is 1. The van der Waals surface area contributed by atoms with Crippen molar-refractivity contribution in [2.75, 3.05) is 0 Å². The molecular formula is C21H38F3NO. The van der Waals surface area contributed by atoms with E-state index >= 15 is 0 Å². The van der Waals surface area contributed by atoms with Crippen LogP contribution in [0.25, 0.3) is 0 Å². The molecule has 0 aliphatic carbocycles. The highest BCUT2D eigenvalue weighted by Crippen LogP contribution is 2.31. The Hall–Kier alpha value is -0.740. The second-order valence-corrected chi connectivity index (χ2v) is 7.97. The lowest BCUT2D eigenvalue weighted by molar-refractivity contribution is -0.192. The van der Waals surface area contributed by atoms with E-state index in [9.17, 15) is 18.0 Å². The van der Waals surface area contributed by atoms with Crippen LogP contribution in [0.1, 0.15) is 110 Å². The summed E-state index contributed by atoms with van der Waals surface area (Å²) in [6.45, 7) is 3.97. The van der Waals surface area contributed by atoms with Crippen molar-refractivity contribution < 1.29 is 18.0 Å². The lowest BCUT2D eigenvalue weighted by atomic mass is 9.92. The summed E-state index contributed by atoms with van der Waals surface area (Å²) < 4.78 is 38.5. The molecule has 1 aliphatic heterocycles. The van der Waals surface area contributed by atoms with E-state index in [1.807, 2.05) is 0 Å². The van der Waals surface area contributed by atoms with Crippen molar-refractivity contribution in [1.29, 1.82) is 0 Å². The Balaban J connectivity index is 2.17. The van der Waals surface area contributed by atoms with Gasteiger partial charge in [0.05, 0.1) is 0 Å². The third kappa shape index (κ3) is 8.77. The molecule has 5 heteroatoms. The van der Waals surface area contributed by atoms with Crippen molar-refractivity contribution in [3.8, 4) is 0 Å². The largest absolute Gasteiger partial charge is 0.471 e. The third-order valence-electron chi connectivity index (χ3n) is 5.65. The first-order valence-electron chi connectivity index (χ1n) is 10.8. The summed E-state index contributed by atoms with van der Waals surface area (Å²) in [6, 6.07) is -0.526. The smallest absolute Gasteiger partial charge is 0.329 e. The molecule has 0 aromatic rings. The number of hydrogen-bond donors (Lipinski definition) is 0. The zero-order chi connectivity index (χ0) is 19.4. The topological polar surface area (TPSA) is 20.3 Å². The molecule has 0 radical (unpaired) electrons.